The normalized spacial score (nSPS) is 17.0. The van der Waals surface area contributed by atoms with Crippen molar-refractivity contribution in [2.45, 2.75) is 32.0 Å². The smallest absolute Gasteiger partial charge is 0.418 e. The van der Waals surface area contributed by atoms with Crippen LogP contribution in [-0.2, 0) is 10.9 Å². The number of aromatic nitrogens is 5. The van der Waals surface area contributed by atoms with Crippen molar-refractivity contribution in [1.29, 1.82) is 0 Å². The lowest BCUT2D eigenvalue weighted by Crippen LogP contribution is -2.20. The number of hydrogen-bond donors (Lipinski definition) is 1. The van der Waals surface area contributed by atoms with Crippen LogP contribution >= 0.6 is 0 Å². The molecule has 4 aromatic rings. The second kappa shape index (κ2) is 7.05. The molecule has 1 aromatic carbocycles. The first-order chi connectivity index (χ1) is 14.8. The largest absolute Gasteiger partial charge is 0.435 e. The molecule has 4 heterocycles. The monoisotopic (exact) mass is 431 g/mol. The number of nitrogens with zero attached hydrogens (tertiary/aromatic N) is 4. The van der Waals surface area contributed by atoms with Gasteiger partial charge in [0.05, 0.1) is 5.56 Å². The van der Waals surface area contributed by atoms with Crippen LogP contribution in [0.1, 0.15) is 36.2 Å². The SMILES string of the molecule is Cc1[nH]c2c(-c3ccccc3)c(C(F)(F)F)nn2c(=O)c1-c1nnc(C2CCCO2)o1. The third kappa shape index (κ3) is 3.21. The molecule has 160 valence electrons. The maximum atomic E-state index is 13.8. The number of H-pyrrole nitrogens is 1. The van der Waals surface area contributed by atoms with E-state index < -0.39 is 17.4 Å². The first kappa shape index (κ1) is 19.5. The van der Waals surface area contributed by atoms with Gasteiger partial charge in [0.1, 0.15) is 17.3 Å². The molecular formula is C20H16F3N5O3. The molecule has 1 atom stereocenters. The molecule has 3 aromatic heterocycles. The maximum absolute atomic E-state index is 13.8. The zero-order valence-corrected chi connectivity index (χ0v) is 16.2. The summed E-state index contributed by atoms with van der Waals surface area (Å²) in [6.07, 6.45) is -3.55. The Balaban J connectivity index is 1.73. The van der Waals surface area contributed by atoms with Crippen molar-refractivity contribution in [3.8, 4) is 22.6 Å². The number of aromatic amines is 1. The van der Waals surface area contributed by atoms with Crippen molar-refractivity contribution in [3.63, 3.8) is 0 Å². The summed E-state index contributed by atoms with van der Waals surface area (Å²) in [7, 11) is 0. The Morgan fingerprint density at radius 1 is 1.16 bits per heavy atom. The highest BCUT2D eigenvalue weighted by Gasteiger charge is 2.39. The van der Waals surface area contributed by atoms with Gasteiger partial charge in [-0.15, -0.1) is 10.2 Å². The number of rotatable bonds is 3. The van der Waals surface area contributed by atoms with Crippen LogP contribution < -0.4 is 5.56 Å². The second-order valence-corrected chi connectivity index (χ2v) is 7.23. The average Bonchev–Trinajstić information content (AvgIpc) is 3.47. The summed E-state index contributed by atoms with van der Waals surface area (Å²) in [5.41, 5.74) is -1.69. The zero-order valence-electron chi connectivity index (χ0n) is 16.2. The minimum absolute atomic E-state index is 0.0416. The van der Waals surface area contributed by atoms with E-state index >= 15 is 0 Å². The fourth-order valence-electron chi connectivity index (χ4n) is 3.75. The molecule has 1 aliphatic heterocycles. The average molecular weight is 431 g/mol. The number of fused-ring (bicyclic) bond motifs is 1. The first-order valence-corrected chi connectivity index (χ1v) is 9.58. The van der Waals surface area contributed by atoms with Crippen molar-refractivity contribution in [1.82, 2.24) is 24.8 Å². The van der Waals surface area contributed by atoms with Crippen LogP contribution in [0.2, 0.25) is 0 Å². The van der Waals surface area contributed by atoms with Gasteiger partial charge in [-0.1, -0.05) is 30.3 Å². The lowest BCUT2D eigenvalue weighted by Gasteiger charge is -2.07. The third-order valence-electron chi connectivity index (χ3n) is 5.16. The van der Waals surface area contributed by atoms with Crippen molar-refractivity contribution in [3.05, 3.63) is 58.0 Å². The van der Waals surface area contributed by atoms with Gasteiger partial charge in [-0.25, -0.2) is 0 Å². The Morgan fingerprint density at radius 3 is 2.61 bits per heavy atom. The third-order valence-corrected chi connectivity index (χ3v) is 5.16. The first-order valence-electron chi connectivity index (χ1n) is 9.58. The molecule has 0 spiro atoms. The Kier molecular flexibility index (Phi) is 4.43. The molecule has 11 heteroatoms. The van der Waals surface area contributed by atoms with Gasteiger partial charge in [0.2, 0.25) is 5.89 Å². The molecule has 0 bridgehead atoms. The molecule has 31 heavy (non-hydrogen) atoms. The maximum Gasteiger partial charge on any atom is 0.435 e. The highest BCUT2D eigenvalue weighted by molar-refractivity contribution is 5.81. The Hall–Kier alpha value is -3.47. The standard InChI is InChI=1S/C20H16F3N5O3/c1-10-13(18-26-25-17(31-18)12-8-5-9-30-12)19(29)28-16(24-10)14(11-6-3-2-4-7-11)15(27-28)20(21,22)23/h2-4,6-7,12,24H,5,8-9H2,1H3. The minimum atomic E-state index is -4.76. The van der Waals surface area contributed by atoms with E-state index in [2.05, 4.69) is 20.3 Å². The van der Waals surface area contributed by atoms with Crippen LogP contribution in [0.5, 0.6) is 0 Å². The van der Waals surface area contributed by atoms with E-state index in [-0.39, 0.29) is 45.9 Å². The van der Waals surface area contributed by atoms with E-state index in [0.29, 0.717) is 17.5 Å². The van der Waals surface area contributed by atoms with Crippen LogP contribution in [0.4, 0.5) is 13.2 Å². The second-order valence-electron chi connectivity index (χ2n) is 7.23. The fraction of sp³-hybridized carbons (Fsp3) is 0.300. The number of aryl methyl sites for hydroxylation is 1. The van der Waals surface area contributed by atoms with Crippen LogP contribution in [0.3, 0.4) is 0 Å². The summed E-state index contributed by atoms with van der Waals surface area (Å²) in [6.45, 7) is 2.13. The molecule has 0 radical (unpaired) electrons. The predicted octanol–water partition coefficient (Wildman–Crippen LogP) is 3.92. The number of alkyl halides is 3. The number of halogens is 3. The summed E-state index contributed by atoms with van der Waals surface area (Å²) in [4.78, 5) is 16.0. The summed E-state index contributed by atoms with van der Waals surface area (Å²) in [6, 6.07) is 7.97. The molecule has 1 fully saturated rings. The van der Waals surface area contributed by atoms with E-state index in [9.17, 15) is 18.0 Å². The molecule has 1 aliphatic rings. The highest BCUT2D eigenvalue weighted by Crippen LogP contribution is 2.38. The van der Waals surface area contributed by atoms with E-state index in [1.54, 1.807) is 25.1 Å². The fourth-order valence-corrected chi connectivity index (χ4v) is 3.75. The molecule has 1 saturated heterocycles. The van der Waals surface area contributed by atoms with Crippen molar-refractivity contribution in [2.24, 2.45) is 0 Å². The summed E-state index contributed by atoms with van der Waals surface area (Å²) < 4.78 is 53.1. The molecule has 0 amide bonds. The molecule has 8 nitrogen and oxygen atoms in total. The molecule has 0 aliphatic carbocycles. The van der Waals surface area contributed by atoms with Gasteiger partial charge in [-0.3, -0.25) is 4.79 Å². The van der Waals surface area contributed by atoms with Crippen molar-refractivity contribution < 1.29 is 22.3 Å². The predicted molar refractivity (Wildman–Crippen MR) is 102 cm³/mol. The quantitative estimate of drug-likeness (QED) is 0.528. The van der Waals surface area contributed by atoms with Gasteiger partial charge in [-0.05, 0) is 25.3 Å². The molecule has 5 rings (SSSR count). The zero-order chi connectivity index (χ0) is 21.8. The highest BCUT2D eigenvalue weighted by atomic mass is 19.4. The van der Waals surface area contributed by atoms with Crippen LogP contribution in [-0.4, -0.2) is 31.4 Å². The van der Waals surface area contributed by atoms with Gasteiger partial charge in [0, 0.05) is 12.3 Å². The number of benzene rings is 1. The summed E-state index contributed by atoms with van der Waals surface area (Å²) in [5, 5.41) is 11.5. The lowest BCUT2D eigenvalue weighted by atomic mass is 10.1. The van der Waals surface area contributed by atoms with E-state index in [1.807, 2.05) is 0 Å². The van der Waals surface area contributed by atoms with E-state index in [0.717, 1.165) is 6.42 Å². The van der Waals surface area contributed by atoms with E-state index in [4.69, 9.17) is 9.15 Å². The topological polar surface area (TPSA) is 98.3 Å². The van der Waals surface area contributed by atoms with Gasteiger partial charge in [0.25, 0.3) is 11.4 Å². The molecule has 1 N–H and O–H groups in total. The minimum Gasteiger partial charge on any atom is -0.418 e. The Bertz CT molecular complexity index is 1320. The number of nitrogens with one attached hydrogen (secondary N) is 1. The summed E-state index contributed by atoms with van der Waals surface area (Å²) in [5.74, 6) is 0.129. The van der Waals surface area contributed by atoms with Gasteiger partial charge < -0.3 is 14.1 Å². The molecule has 0 saturated carbocycles. The number of ether oxygens (including phenoxy) is 1. The van der Waals surface area contributed by atoms with E-state index in [1.165, 1.54) is 12.1 Å². The van der Waals surface area contributed by atoms with Crippen LogP contribution in [0.25, 0.3) is 28.2 Å². The van der Waals surface area contributed by atoms with Crippen LogP contribution in [0.15, 0.2) is 39.5 Å². The van der Waals surface area contributed by atoms with Crippen molar-refractivity contribution >= 4 is 5.65 Å². The van der Waals surface area contributed by atoms with Crippen molar-refractivity contribution in [2.75, 3.05) is 6.61 Å². The molecule has 1 unspecified atom stereocenters. The van der Waals surface area contributed by atoms with Gasteiger partial charge >= 0.3 is 6.18 Å². The van der Waals surface area contributed by atoms with Crippen LogP contribution in [0, 0.1) is 6.92 Å². The Labute approximate surface area is 172 Å². The summed E-state index contributed by atoms with van der Waals surface area (Å²) >= 11 is 0. The number of hydrogen-bond acceptors (Lipinski definition) is 6. The molecular weight excluding hydrogens is 415 g/mol. The Morgan fingerprint density at radius 2 is 1.94 bits per heavy atom. The van der Waals surface area contributed by atoms with Gasteiger partial charge in [-0.2, -0.15) is 22.8 Å². The van der Waals surface area contributed by atoms with Gasteiger partial charge in [0.15, 0.2) is 5.69 Å². The lowest BCUT2D eigenvalue weighted by molar-refractivity contribution is -0.140.